The van der Waals surface area contributed by atoms with E-state index in [1.54, 1.807) is 23.6 Å². The molecule has 2 aromatic heterocycles. The van der Waals surface area contributed by atoms with Gasteiger partial charge in [0.1, 0.15) is 29.4 Å². The Bertz CT molecular complexity index is 1280. The Balaban J connectivity index is 1.35. The first-order valence-corrected chi connectivity index (χ1v) is 14.3. The summed E-state index contributed by atoms with van der Waals surface area (Å²) >= 11 is 4.30. The van der Waals surface area contributed by atoms with Gasteiger partial charge in [0, 0.05) is 23.1 Å². The number of carbonyl (C=O) groups is 3. The maximum absolute atomic E-state index is 13.1. The second-order valence-corrected chi connectivity index (χ2v) is 11.4. The molecule has 1 fully saturated rings. The second-order valence-electron chi connectivity index (χ2n) is 8.48. The third-order valence-corrected chi connectivity index (χ3v) is 9.32. The largest absolute Gasteiger partial charge is 0.477 e. The molecule has 14 heteroatoms. The number of aromatic nitrogens is 2. The number of carboxylic acid groups (broad SMARTS) is 1. The van der Waals surface area contributed by atoms with E-state index >= 15 is 0 Å². The number of carboxylic acids is 1. The molecule has 0 saturated carbocycles. The zero-order chi connectivity index (χ0) is 25.4. The summed E-state index contributed by atoms with van der Waals surface area (Å²) in [5.74, 6) is -1.81. The van der Waals surface area contributed by atoms with Crippen LogP contribution < -0.4 is 15.6 Å². The van der Waals surface area contributed by atoms with Crippen LogP contribution >= 0.6 is 34.4 Å². The number of nitrogens with two attached hydrogens (primary N) is 1. The molecule has 2 amide bonds. The molecule has 5 rings (SSSR count). The van der Waals surface area contributed by atoms with Crippen molar-refractivity contribution in [3.05, 3.63) is 38.4 Å². The van der Waals surface area contributed by atoms with Crippen LogP contribution in [0, 0.1) is 0 Å². The number of fused-ring (bicyclic) bond motifs is 2. The fourth-order valence-electron chi connectivity index (χ4n) is 4.57. The Kier molecular flexibility index (Phi) is 6.99. The van der Waals surface area contributed by atoms with Crippen LogP contribution in [0.25, 0.3) is 0 Å². The number of aliphatic carboxylic acids is 1. The molecule has 36 heavy (non-hydrogen) atoms. The van der Waals surface area contributed by atoms with E-state index in [1.807, 2.05) is 5.51 Å². The van der Waals surface area contributed by atoms with Crippen molar-refractivity contribution >= 4 is 63.1 Å². The van der Waals surface area contributed by atoms with Gasteiger partial charge in [0.15, 0.2) is 23.1 Å². The Hall–Kier alpha value is -2.97. The van der Waals surface area contributed by atoms with Gasteiger partial charge in [-0.15, -0.1) is 23.1 Å². The lowest BCUT2D eigenvalue weighted by Crippen LogP contribution is -2.71. The van der Waals surface area contributed by atoms with Crippen molar-refractivity contribution < 1.29 is 28.9 Å². The van der Waals surface area contributed by atoms with Crippen LogP contribution in [0.3, 0.4) is 0 Å². The number of carbonyl (C=O) groups excluding carboxylic acids is 2. The van der Waals surface area contributed by atoms with Crippen LogP contribution in [0.15, 0.2) is 27.3 Å². The molecular formula is C22H25N6O5S3+. The van der Waals surface area contributed by atoms with Gasteiger partial charge in [0.2, 0.25) is 5.51 Å². The summed E-state index contributed by atoms with van der Waals surface area (Å²) in [7, 11) is 0. The lowest BCUT2D eigenvalue weighted by molar-refractivity contribution is -0.692. The van der Waals surface area contributed by atoms with Crippen LogP contribution in [0.2, 0.25) is 0 Å². The van der Waals surface area contributed by atoms with Gasteiger partial charge in [-0.1, -0.05) is 16.5 Å². The van der Waals surface area contributed by atoms with Crippen molar-refractivity contribution in [2.24, 2.45) is 5.16 Å². The highest BCUT2D eigenvalue weighted by atomic mass is 32.2. The lowest BCUT2D eigenvalue weighted by Gasteiger charge is -2.49. The van der Waals surface area contributed by atoms with E-state index in [2.05, 4.69) is 20.0 Å². The number of thioether (sulfide) groups is 1. The number of hydrogen-bond donors (Lipinski definition) is 3. The van der Waals surface area contributed by atoms with Crippen LogP contribution in [0.4, 0.5) is 5.13 Å². The van der Waals surface area contributed by atoms with E-state index < -0.39 is 29.2 Å². The summed E-state index contributed by atoms with van der Waals surface area (Å²) in [6.45, 7) is 2.40. The summed E-state index contributed by atoms with van der Waals surface area (Å²) in [6.07, 6.45) is 4.34. The van der Waals surface area contributed by atoms with Crippen molar-refractivity contribution in [1.82, 2.24) is 15.2 Å². The maximum atomic E-state index is 13.1. The predicted octanol–water partition coefficient (Wildman–Crippen LogP) is 1.13. The van der Waals surface area contributed by atoms with Gasteiger partial charge in [-0.2, -0.15) is 4.57 Å². The average molecular weight is 550 g/mol. The van der Waals surface area contributed by atoms with E-state index in [0.717, 1.165) is 30.6 Å². The molecular weight excluding hydrogens is 524 g/mol. The Morgan fingerprint density at radius 3 is 2.89 bits per heavy atom. The monoisotopic (exact) mass is 549 g/mol. The van der Waals surface area contributed by atoms with E-state index in [-0.39, 0.29) is 28.8 Å². The van der Waals surface area contributed by atoms with Crippen molar-refractivity contribution in [2.45, 2.75) is 50.6 Å². The van der Waals surface area contributed by atoms with Crippen molar-refractivity contribution in [1.29, 1.82) is 0 Å². The molecule has 190 valence electrons. The van der Waals surface area contributed by atoms with Crippen molar-refractivity contribution in [2.75, 3.05) is 18.1 Å². The molecule has 2 atom stereocenters. The highest BCUT2D eigenvalue weighted by molar-refractivity contribution is 8.00. The highest BCUT2D eigenvalue weighted by Gasteiger charge is 2.55. The maximum Gasteiger partial charge on any atom is 0.352 e. The Morgan fingerprint density at radius 1 is 1.36 bits per heavy atom. The van der Waals surface area contributed by atoms with Crippen molar-refractivity contribution in [3.63, 3.8) is 0 Å². The number of anilines is 1. The summed E-state index contributed by atoms with van der Waals surface area (Å²) in [5.41, 5.74) is 9.85. The Labute approximate surface area is 219 Å². The van der Waals surface area contributed by atoms with Crippen LogP contribution in [0.1, 0.15) is 36.0 Å². The van der Waals surface area contributed by atoms with Crippen molar-refractivity contribution in [3.8, 4) is 0 Å². The van der Waals surface area contributed by atoms with Gasteiger partial charge in [-0.25, -0.2) is 9.78 Å². The average Bonchev–Trinajstić information content (AvgIpc) is 3.48. The van der Waals surface area contributed by atoms with E-state index in [9.17, 15) is 19.5 Å². The smallest absolute Gasteiger partial charge is 0.352 e. The quantitative estimate of drug-likeness (QED) is 0.192. The number of thiazole rings is 2. The van der Waals surface area contributed by atoms with E-state index in [4.69, 9.17) is 10.6 Å². The zero-order valence-electron chi connectivity index (χ0n) is 19.4. The molecule has 0 spiro atoms. The second kappa shape index (κ2) is 10.2. The fraction of sp³-hybridized carbons (Fsp3) is 0.455. The molecule has 3 aliphatic rings. The minimum absolute atomic E-state index is 0.00740. The van der Waals surface area contributed by atoms with Gasteiger partial charge in [0.25, 0.3) is 11.8 Å². The first kappa shape index (κ1) is 24.7. The molecule has 0 radical (unpaired) electrons. The van der Waals surface area contributed by atoms with Gasteiger partial charge in [-0.3, -0.25) is 14.5 Å². The Morgan fingerprint density at radius 2 is 2.17 bits per heavy atom. The normalized spacial score (nSPS) is 21.5. The first-order valence-electron chi connectivity index (χ1n) is 11.5. The summed E-state index contributed by atoms with van der Waals surface area (Å²) in [4.78, 5) is 50.1. The molecule has 0 aromatic carbocycles. The number of hydrogen-bond acceptors (Lipinski definition) is 10. The topological polar surface area (TPSA) is 151 Å². The number of β-lactam (4-membered cyclic amide) rings is 1. The molecule has 0 bridgehead atoms. The third kappa shape index (κ3) is 4.48. The standard InChI is InChI=1S/C22H24N6O5S3/c1-2-33-26-15(12-9-35-22(23)24-12)18(29)25-16-19(30)28-17(21(31)32)11(8-34-20(16)28)7-27-10-36-14-6-4-3-5-13(14)27/h9-10,16,20H,2-8H2,1H3,(H3-,23,24,25,29,31,32)/p+1/b26-15-/t16-,20+/m1/s1. The lowest BCUT2D eigenvalue weighted by atomic mass is 10.0. The first-order chi connectivity index (χ1) is 17.4. The number of nitrogens with zero attached hydrogens (tertiary/aromatic N) is 4. The molecule has 1 saturated heterocycles. The van der Waals surface area contributed by atoms with Crippen LogP contribution in [0.5, 0.6) is 0 Å². The summed E-state index contributed by atoms with van der Waals surface area (Å²) in [5, 5.41) is 17.9. The van der Waals surface area contributed by atoms with Gasteiger partial charge < -0.3 is 21.0 Å². The zero-order valence-corrected chi connectivity index (χ0v) is 21.9. The summed E-state index contributed by atoms with van der Waals surface area (Å²) < 4.78 is 2.12. The SMILES string of the molecule is CCO/N=C(\C(=O)N[C@@H]1C(=O)N2C(C(=O)O)=C(C[n+]3csc4c3CCCC4)CS[C@@H]12)c1csc(N)n1. The number of nitrogen functional groups attached to an aromatic ring is 1. The van der Waals surface area contributed by atoms with Gasteiger partial charge in [0.05, 0.1) is 4.88 Å². The minimum Gasteiger partial charge on any atom is -0.477 e. The molecule has 11 nitrogen and oxygen atoms in total. The number of aryl methyl sites for hydroxylation is 1. The third-order valence-electron chi connectivity index (χ3n) is 6.22. The fourth-order valence-corrected chi connectivity index (χ4v) is 7.52. The molecule has 0 unspecified atom stereocenters. The van der Waals surface area contributed by atoms with Crippen LogP contribution in [-0.2, 0) is 38.6 Å². The predicted molar refractivity (Wildman–Crippen MR) is 136 cm³/mol. The number of rotatable bonds is 8. The molecule has 1 aliphatic carbocycles. The van der Waals surface area contributed by atoms with E-state index in [1.165, 1.54) is 33.7 Å². The van der Waals surface area contributed by atoms with E-state index in [0.29, 0.717) is 17.9 Å². The van der Waals surface area contributed by atoms with Crippen LogP contribution in [-0.4, -0.2) is 62.3 Å². The minimum atomic E-state index is -1.14. The van der Waals surface area contributed by atoms with Gasteiger partial charge >= 0.3 is 5.97 Å². The molecule has 2 aromatic rings. The number of nitrogens with one attached hydrogen (secondary N) is 1. The molecule has 4 heterocycles. The van der Waals surface area contributed by atoms with Gasteiger partial charge in [-0.05, 0) is 26.2 Å². The highest BCUT2D eigenvalue weighted by Crippen LogP contribution is 2.40. The number of amides is 2. The number of oxime groups is 1. The molecule has 2 aliphatic heterocycles. The summed E-state index contributed by atoms with van der Waals surface area (Å²) in [6, 6.07) is -0.886. The molecule has 4 N–H and O–H groups in total.